The van der Waals surface area contributed by atoms with Gasteiger partial charge in [0.1, 0.15) is 0 Å². The summed E-state index contributed by atoms with van der Waals surface area (Å²) in [6.45, 7) is 2.57. The van der Waals surface area contributed by atoms with E-state index >= 15 is 0 Å². The van der Waals surface area contributed by atoms with E-state index in [1.807, 2.05) is 6.92 Å². The van der Waals surface area contributed by atoms with Gasteiger partial charge in [-0.25, -0.2) is 4.79 Å². The fraction of sp³-hybridized carbons (Fsp3) is 0.579. The lowest BCUT2D eigenvalue weighted by Crippen LogP contribution is -2.45. The summed E-state index contributed by atoms with van der Waals surface area (Å²) in [7, 11) is -2.10. The number of hydrogen-bond acceptors (Lipinski definition) is 5. The third kappa shape index (κ3) is 4.00. The van der Waals surface area contributed by atoms with E-state index in [9.17, 15) is 18.0 Å². The number of likely N-dealkylation sites (tertiary alicyclic amines) is 2. The van der Waals surface area contributed by atoms with E-state index in [-0.39, 0.29) is 23.5 Å². The van der Waals surface area contributed by atoms with E-state index in [0.717, 1.165) is 5.56 Å². The summed E-state index contributed by atoms with van der Waals surface area (Å²) >= 11 is 0. The first kappa shape index (κ1) is 20.6. The maximum absolute atomic E-state index is 12.8. The van der Waals surface area contributed by atoms with Gasteiger partial charge in [-0.05, 0) is 44.7 Å². The molecule has 0 aliphatic carbocycles. The van der Waals surface area contributed by atoms with Crippen molar-refractivity contribution in [1.29, 1.82) is 0 Å². The molecule has 0 radical (unpaired) electrons. The SMILES string of the molecule is Cc1ccc(S(=O)(=O)OCCC2CC3(CCN(C(=O)O)CC3)C(=O)N2C)cc1. The number of rotatable bonds is 5. The van der Waals surface area contributed by atoms with Crippen LogP contribution in [0.1, 0.15) is 31.2 Å². The van der Waals surface area contributed by atoms with Gasteiger partial charge in [0, 0.05) is 26.2 Å². The standard InChI is InChI=1S/C19H26N2O6S/c1-14-3-5-16(6-4-14)28(25,26)27-12-7-15-13-19(17(22)20(15)2)8-10-21(11-9-19)18(23)24/h3-6,15H,7-13H2,1-2H3,(H,23,24). The highest BCUT2D eigenvalue weighted by Crippen LogP contribution is 2.44. The average molecular weight is 410 g/mol. The van der Waals surface area contributed by atoms with Crippen LogP contribution >= 0.6 is 0 Å². The molecule has 0 bridgehead atoms. The first-order chi connectivity index (χ1) is 13.1. The molecule has 2 fully saturated rings. The molecule has 1 spiro atoms. The molecule has 2 saturated heterocycles. The van der Waals surface area contributed by atoms with Gasteiger partial charge < -0.3 is 14.9 Å². The van der Waals surface area contributed by atoms with Gasteiger partial charge in [0.15, 0.2) is 0 Å². The van der Waals surface area contributed by atoms with Gasteiger partial charge in [-0.3, -0.25) is 8.98 Å². The largest absolute Gasteiger partial charge is 0.465 e. The van der Waals surface area contributed by atoms with Crippen LogP contribution in [0.15, 0.2) is 29.2 Å². The molecule has 1 aromatic carbocycles. The molecular weight excluding hydrogens is 384 g/mol. The van der Waals surface area contributed by atoms with E-state index in [2.05, 4.69) is 0 Å². The Morgan fingerprint density at radius 2 is 1.86 bits per heavy atom. The van der Waals surface area contributed by atoms with Crippen LogP contribution in [0.25, 0.3) is 0 Å². The highest BCUT2D eigenvalue weighted by molar-refractivity contribution is 7.86. The maximum atomic E-state index is 12.8. The molecule has 2 heterocycles. The van der Waals surface area contributed by atoms with Crippen LogP contribution in [0, 0.1) is 12.3 Å². The summed E-state index contributed by atoms with van der Waals surface area (Å²) in [5.74, 6) is 0.0175. The average Bonchev–Trinajstić information content (AvgIpc) is 2.87. The zero-order valence-electron chi connectivity index (χ0n) is 16.1. The molecule has 1 aromatic rings. The molecule has 28 heavy (non-hydrogen) atoms. The predicted molar refractivity (Wildman–Crippen MR) is 101 cm³/mol. The van der Waals surface area contributed by atoms with Gasteiger partial charge >= 0.3 is 6.09 Å². The molecule has 2 amide bonds. The molecule has 154 valence electrons. The Kier molecular flexibility index (Phi) is 5.67. The minimum Gasteiger partial charge on any atom is -0.465 e. The molecule has 1 N–H and O–H groups in total. The number of nitrogens with zero attached hydrogens (tertiary/aromatic N) is 2. The summed E-state index contributed by atoms with van der Waals surface area (Å²) in [4.78, 5) is 27.0. The van der Waals surface area contributed by atoms with Crippen LogP contribution in [0.5, 0.6) is 0 Å². The highest BCUT2D eigenvalue weighted by Gasteiger charge is 2.51. The molecule has 1 unspecified atom stereocenters. The zero-order chi connectivity index (χ0) is 20.5. The van der Waals surface area contributed by atoms with Crippen molar-refractivity contribution < 1.29 is 27.3 Å². The number of carbonyl (C=O) groups is 2. The van der Waals surface area contributed by atoms with Gasteiger partial charge in [0.25, 0.3) is 10.1 Å². The van der Waals surface area contributed by atoms with Crippen LogP contribution in [0.2, 0.25) is 0 Å². The Hall–Kier alpha value is -2.13. The topological polar surface area (TPSA) is 104 Å². The Morgan fingerprint density at radius 1 is 1.25 bits per heavy atom. The van der Waals surface area contributed by atoms with Gasteiger partial charge in [0.05, 0.1) is 16.9 Å². The normalized spacial score (nSPS) is 22.1. The summed E-state index contributed by atoms with van der Waals surface area (Å²) in [6, 6.07) is 6.35. The Balaban J connectivity index is 1.57. The number of piperidine rings is 1. The molecule has 0 aromatic heterocycles. The molecule has 0 saturated carbocycles. The first-order valence-electron chi connectivity index (χ1n) is 9.36. The van der Waals surface area contributed by atoms with E-state index in [4.69, 9.17) is 9.29 Å². The number of amides is 2. The molecule has 8 nitrogen and oxygen atoms in total. The smallest absolute Gasteiger partial charge is 0.407 e. The van der Waals surface area contributed by atoms with Crippen molar-refractivity contribution >= 4 is 22.1 Å². The van der Waals surface area contributed by atoms with Crippen LogP contribution in [0.3, 0.4) is 0 Å². The number of carboxylic acid groups (broad SMARTS) is 1. The second kappa shape index (κ2) is 7.71. The van der Waals surface area contributed by atoms with Crippen molar-refractivity contribution in [3.8, 4) is 0 Å². The molecule has 2 aliphatic heterocycles. The summed E-state index contributed by atoms with van der Waals surface area (Å²) in [5.41, 5.74) is 0.422. The van der Waals surface area contributed by atoms with Crippen molar-refractivity contribution in [2.45, 2.75) is 43.5 Å². The summed E-state index contributed by atoms with van der Waals surface area (Å²) in [6.07, 6.45) is 1.06. The second-order valence-electron chi connectivity index (χ2n) is 7.70. The molecule has 1 atom stereocenters. The van der Waals surface area contributed by atoms with E-state index in [0.29, 0.717) is 38.8 Å². The monoisotopic (exact) mass is 410 g/mol. The van der Waals surface area contributed by atoms with Gasteiger partial charge in [-0.2, -0.15) is 8.42 Å². The quantitative estimate of drug-likeness (QED) is 0.746. The zero-order valence-corrected chi connectivity index (χ0v) is 16.9. The van der Waals surface area contributed by atoms with Crippen LogP contribution in [-0.4, -0.2) is 68.1 Å². The Labute approximate surface area is 165 Å². The first-order valence-corrected chi connectivity index (χ1v) is 10.8. The molecule has 3 rings (SSSR count). The Bertz CT molecular complexity index is 844. The van der Waals surface area contributed by atoms with Crippen molar-refractivity contribution in [3.05, 3.63) is 29.8 Å². The molecule has 9 heteroatoms. The van der Waals surface area contributed by atoms with Gasteiger partial charge in [0.2, 0.25) is 5.91 Å². The Morgan fingerprint density at radius 3 is 2.43 bits per heavy atom. The molecule has 2 aliphatic rings. The lowest BCUT2D eigenvalue weighted by molar-refractivity contribution is -0.137. The van der Waals surface area contributed by atoms with Gasteiger partial charge in [-0.15, -0.1) is 0 Å². The maximum Gasteiger partial charge on any atom is 0.407 e. The van der Waals surface area contributed by atoms with Crippen LogP contribution in [-0.2, 0) is 19.1 Å². The number of carbonyl (C=O) groups excluding carboxylic acids is 1. The second-order valence-corrected chi connectivity index (χ2v) is 9.32. The van der Waals surface area contributed by atoms with Crippen molar-refractivity contribution in [1.82, 2.24) is 9.80 Å². The van der Waals surface area contributed by atoms with Crippen molar-refractivity contribution in [2.24, 2.45) is 5.41 Å². The number of hydrogen-bond donors (Lipinski definition) is 1. The summed E-state index contributed by atoms with van der Waals surface area (Å²) in [5, 5.41) is 9.10. The number of aryl methyl sites for hydroxylation is 1. The predicted octanol–water partition coefficient (Wildman–Crippen LogP) is 2.08. The van der Waals surface area contributed by atoms with Crippen molar-refractivity contribution in [2.75, 3.05) is 26.7 Å². The van der Waals surface area contributed by atoms with Crippen LogP contribution in [0.4, 0.5) is 4.79 Å². The summed E-state index contributed by atoms with van der Waals surface area (Å²) < 4.78 is 29.8. The third-order valence-electron chi connectivity index (χ3n) is 5.94. The minimum atomic E-state index is -3.83. The fourth-order valence-corrected chi connectivity index (χ4v) is 5.04. The van der Waals surface area contributed by atoms with Crippen LogP contribution < -0.4 is 0 Å². The van der Waals surface area contributed by atoms with E-state index < -0.39 is 21.6 Å². The van der Waals surface area contributed by atoms with E-state index in [1.165, 1.54) is 17.0 Å². The van der Waals surface area contributed by atoms with Gasteiger partial charge in [-0.1, -0.05) is 17.7 Å². The third-order valence-corrected chi connectivity index (χ3v) is 7.26. The lowest BCUT2D eigenvalue weighted by Gasteiger charge is -2.36. The highest BCUT2D eigenvalue weighted by atomic mass is 32.2. The molecular formula is C19H26N2O6S. The van der Waals surface area contributed by atoms with Crippen molar-refractivity contribution in [3.63, 3.8) is 0 Å². The number of benzene rings is 1. The minimum absolute atomic E-state index is 0.00414. The lowest BCUT2D eigenvalue weighted by atomic mass is 9.76. The fourth-order valence-electron chi connectivity index (χ4n) is 4.12. The van der Waals surface area contributed by atoms with E-state index in [1.54, 1.807) is 24.1 Å².